The summed E-state index contributed by atoms with van der Waals surface area (Å²) in [5.41, 5.74) is 2.99. The molecular weight excluding hydrogens is 226 g/mol. The van der Waals surface area contributed by atoms with Crippen molar-refractivity contribution in [2.75, 3.05) is 38.3 Å². The SMILES string of the molecule is COc1cc(C)ccc1N1CC2(CCOCC2)C1. The van der Waals surface area contributed by atoms with Crippen molar-refractivity contribution in [1.82, 2.24) is 0 Å². The maximum absolute atomic E-state index is 5.49. The van der Waals surface area contributed by atoms with E-state index in [9.17, 15) is 0 Å². The number of hydrogen-bond acceptors (Lipinski definition) is 3. The van der Waals surface area contributed by atoms with Crippen LogP contribution in [0.1, 0.15) is 18.4 Å². The molecule has 1 aromatic carbocycles. The summed E-state index contributed by atoms with van der Waals surface area (Å²) < 4.78 is 11.0. The van der Waals surface area contributed by atoms with Gasteiger partial charge in [-0.3, -0.25) is 0 Å². The highest BCUT2D eigenvalue weighted by atomic mass is 16.5. The molecule has 0 amide bonds. The molecule has 2 fully saturated rings. The fourth-order valence-corrected chi connectivity index (χ4v) is 3.10. The van der Waals surface area contributed by atoms with E-state index >= 15 is 0 Å². The first-order chi connectivity index (χ1) is 8.72. The molecule has 3 heteroatoms. The molecule has 2 heterocycles. The van der Waals surface area contributed by atoms with Gasteiger partial charge in [0.1, 0.15) is 5.75 Å². The number of hydrogen-bond donors (Lipinski definition) is 0. The maximum atomic E-state index is 5.49. The minimum Gasteiger partial charge on any atom is -0.495 e. The van der Waals surface area contributed by atoms with E-state index < -0.39 is 0 Å². The predicted octanol–water partition coefficient (Wildman–Crippen LogP) is 2.62. The lowest BCUT2D eigenvalue weighted by Gasteiger charge is -2.53. The van der Waals surface area contributed by atoms with E-state index in [2.05, 4.69) is 30.0 Å². The summed E-state index contributed by atoms with van der Waals surface area (Å²) in [5, 5.41) is 0. The van der Waals surface area contributed by atoms with Crippen LogP contribution in [0, 0.1) is 12.3 Å². The normalized spacial score (nSPS) is 21.8. The second-order valence-corrected chi connectivity index (χ2v) is 5.64. The summed E-state index contributed by atoms with van der Waals surface area (Å²) in [6.45, 7) is 6.26. The Hall–Kier alpha value is -1.22. The summed E-state index contributed by atoms with van der Waals surface area (Å²) in [4.78, 5) is 2.43. The van der Waals surface area contributed by atoms with Crippen molar-refractivity contribution in [1.29, 1.82) is 0 Å². The average Bonchev–Trinajstić information content (AvgIpc) is 2.37. The third-order valence-electron chi connectivity index (χ3n) is 4.28. The Kier molecular flexibility index (Phi) is 2.94. The smallest absolute Gasteiger partial charge is 0.142 e. The third-order valence-corrected chi connectivity index (χ3v) is 4.28. The van der Waals surface area contributed by atoms with Crippen molar-refractivity contribution in [3.05, 3.63) is 23.8 Å². The molecule has 0 aromatic heterocycles. The van der Waals surface area contributed by atoms with Gasteiger partial charge in [0.2, 0.25) is 0 Å². The van der Waals surface area contributed by atoms with E-state index in [0.29, 0.717) is 5.41 Å². The molecule has 0 aliphatic carbocycles. The average molecular weight is 247 g/mol. The number of methoxy groups -OCH3 is 1. The van der Waals surface area contributed by atoms with Gasteiger partial charge in [0, 0.05) is 31.7 Å². The Morgan fingerprint density at radius 3 is 2.61 bits per heavy atom. The Morgan fingerprint density at radius 2 is 1.94 bits per heavy atom. The molecule has 0 bridgehead atoms. The van der Waals surface area contributed by atoms with Gasteiger partial charge in [-0.25, -0.2) is 0 Å². The molecule has 0 saturated carbocycles. The van der Waals surface area contributed by atoms with Crippen LogP contribution >= 0.6 is 0 Å². The molecule has 2 saturated heterocycles. The largest absolute Gasteiger partial charge is 0.495 e. The van der Waals surface area contributed by atoms with E-state index in [4.69, 9.17) is 9.47 Å². The first-order valence-electron chi connectivity index (χ1n) is 6.70. The fraction of sp³-hybridized carbons (Fsp3) is 0.600. The van der Waals surface area contributed by atoms with Crippen LogP contribution in [-0.4, -0.2) is 33.4 Å². The van der Waals surface area contributed by atoms with Crippen LogP contribution in [0.15, 0.2) is 18.2 Å². The zero-order valence-electron chi connectivity index (χ0n) is 11.2. The highest BCUT2D eigenvalue weighted by molar-refractivity contribution is 5.61. The second-order valence-electron chi connectivity index (χ2n) is 5.64. The van der Waals surface area contributed by atoms with Crippen LogP contribution in [0.5, 0.6) is 5.75 Å². The van der Waals surface area contributed by atoms with Gasteiger partial charge in [-0.15, -0.1) is 0 Å². The molecule has 3 nitrogen and oxygen atoms in total. The highest BCUT2D eigenvalue weighted by Crippen LogP contribution is 2.44. The van der Waals surface area contributed by atoms with Crippen molar-refractivity contribution in [2.45, 2.75) is 19.8 Å². The molecule has 0 N–H and O–H groups in total. The van der Waals surface area contributed by atoms with Crippen LogP contribution < -0.4 is 9.64 Å². The Balaban J connectivity index is 1.74. The Morgan fingerprint density at radius 1 is 1.22 bits per heavy atom. The molecule has 3 rings (SSSR count). The molecule has 0 atom stereocenters. The lowest BCUT2D eigenvalue weighted by atomic mass is 9.73. The summed E-state index contributed by atoms with van der Waals surface area (Å²) in [7, 11) is 1.75. The Labute approximate surface area is 109 Å². The summed E-state index contributed by atoms with van der Waals surface area (Å²) in [6, 6.07) is 6.46. The fourth-order valence-electron chi connectivity index (χ4n) is 3.10. The molecule has 0 radical (unpaired) electrons. The quantitative estimate of drug-likeness (QED) is 0.802. The summed E-state index contributed by atoms with van der Waals surface area (Å²) in [5.74, 6) is 0.997. The topological polar surface area (TPSA) is 21.7 Å². The zero-order chi connectivity index (χ0) is 12.6. The van der Waals surface area contributed by atoms with Crippen LogP contribution in [-0.2, 0) is 4.74 Å². The van der Waals surface area contributed by atoms with Crippen molar-refractivity contribution in [3.63, 3.8) is 0 Å². The molecule has 18 heavy (non-hydrogen) atoms. The predicted molar refractivity (Wildman–Crippen MR) is 72.4 cm³/mol. The molecular formula is C15H21NO2. The molecule has 2 aliphatic heterocycles. The van der Waals surface area contributed by atoms with E-state index in [1.54, 1.807) is 7.11 Å². The van der Waals surface area contributed by atoms with Crippen molar-refractivity contribution >= 4 is 5.69 Å². The standard InChI is InChI=1S/C15H21NO2/c1-12-3-4-13(14(9-12)17-2)16-10-15(11-16)5-7-18-8-6-15/h3-4,9H,5-8,10-11H2,1-2H3. The third kappa shape index (κ3) is 1.97. The molecule has 1 spiro atoms. The summed E-state index contributed by atoms with van der Waals surface area (Å²) in [6.07, 6.45) is 2.41. The number of benzene rings is 1. The highest BCUT2D eigenvalue weighted by Gasteiger charge is 2.44. The van der Waals surface area contributed by atoms with E-state index in [1.807, 2.05) is 0 Å². The van der Waals surface area contributed by atoms with E-state index in [0.717, 1.165) is 32.1 Å². The maximum Gasteiger partial charge on any atom is 0.142 e. The molecule has 98 valence electrons. The minimum absolute atomic E-state index is 0.508. The van der Waals surface area contributed by atoms with Crippen molar-refractivity contribution in [2.24, 2.45) is 5.41 Å². The molecule has 1 aromatic rings. The second kappa shape index (κ2) is 4.47. The number of anilines is 1. The molecule has 2 aliphatic rings. The number of nitrogens with zero attached hydrogens (tertiary/aromatic N) is 1. The van der Waals surface area contributed by atoms with Crippen LogP contribution in [0.4, 0.5) is 5.69 Å². The number of aryl methyl sites for hydroxylation is 1. The Bertz CT molecular complexity index is 430. The van der Waals surface area contributed by atoms with Gasteiger partial charge in [0.25, 0.3) is 0 Å². The minimum atomic E-state index is 0.508. The van der Waals surface area contributed by atoms with Gasteiger partial charge in [0.05, 0.1) is 12.8 Å². The van der Waals surface area contributed by atoms with Gasteiger partial charge >= 0.3 is 0 Å². The number of ether oxygens (including phenoxy) is 2. The van der Waals surface area contributed by atoms with E-state index in [-0.39, 0.29) is 0 Å². The van der Waals surface area contributed by atoms with Gasteiger partial charge in [0.15, 0.2) is 0 Å². The van der Waals surface area contributed by atoms with Gasteiger partial charge < -0.3 is 14.4 Å². The van der Waals surface area contributed by atoms with Gasteiger partial charge in [-0.2, -0.15) is 0 Å². The van der Waals surface area contributed by atoms with Crippen molar-refractivity contribution < 1.29 is 9.47 Å². The lowest BCUT2D eigenvalue weighted by Crippen LogP contribution is -2.58. The first-order valence-corrected chi connectivity index (χ1v) is 6.70. The van der Waals surface area contributed by atoms with Gasteiger partial charge in [-0.05, 0) is 37.5 Å². The monoisotopic (exact) mass is 247 g/mol. The lowest BCUT2D eigenvalue weighted by molar-refractivity contribution is -0.000312. The number of rotatable bonds is 2. The molecule has 0 unspecified atom stereocenters. The summed E-state index contributed by atoms with van der Waals surface area (Å²) >= 11 is 0. The van der Waals surface area contributed by atoms with Crippen LogP contribution in [0.25, 0.3) is 0 Å². The van der Waals surface area contributed by atoms with Crippen LogP contribution in [0.2, 0.25) is 0 Å². The van der Waals surface area contributed by atoms with Gasteiger partial charge in [-0.1, -0.05) is 6.07 Å². The van der Waals surface area contributed by atoms with Crippen molar-refractivity contribution in [3.8, 4) is 5.75 Å². The first kappa shape index (κ1) is 11.8. The van der Waals surface area contributed by atoms with E-state index in [1.165, 1.54) is 24.1 Å². The van der Waals surface area contributed by atoms with Crippen LogP contribution in [0.3, 0.4) is 0 Å². The zero-order valence-corrected chi connectivity index (χ0v) is 11.2.